The Kier molecular flexibility index (Phi) is 5.99. The molecule has 0 aliphatic carbocycles. The number of carbonyl (C=O) groups is 3. The Morgan fingerprint density at radius 2 is 1.79 bits per heavy atom. The lowest BCUT2D eigenvalue weighted by molar-refractivity contribution is -0.145. The Labute approximate surface area is 162 Å². The molecule has 2 amide bonds. The smallest absolute Gasteiger partial charge is 0.306 e. The van der Waals surface area contributed by atoms with Crippen molar-refractivity contribution in [3.8, 4) is 6.07 Å². The summed E-state index contributed by atoms with van der Waals surface area (Å²) in [4.78, 5) is 41.0. The molecule has 2 aliphatic heterocycles. The van der Waals surface area contributed by atoms with E-state index in [2.05, 4.69) is 0 Å². The molecule has 148 valence electrons. The number of piperidine rings is 1. The van der Waals surface area contributed by atoms with E-state index in [4.69, 9.17) is 9.52 Å². The maximum atomic E-state index is 12.6. The van der Waals surface area contributed by atoms with Crippen LogP contribution in [0.5, 0.6) is 0 Å². The van der Waals surface area contributed by atoms with Crippen LogP contribution in [0.15, 0.2) is 34.6 Å². The summed E-state index contributed by atoms with van der Waals surface area (Å²) in [5, 5.41) is 18.4. The molecule has 9 nitrogen and oxygen atoms in total. The summed E-state index contributed by atoms with van der Waals surface area (Å²) in [5.41, 5.74) is 0.0274. The van der Waals surface area contributed by atoms with Crippen LogP contribution in [-0.4, -0.2) is 76.9 Å². The number of hydrogen-bond acceptors (Lipinski definition) is 6. The van der Waals surface area contributed by atoms with Crippen molar-refractivity contribution in [3.63, 3.8) is 0 Å². The summed E-state index contributed by atoms with van der Waals surface area (Å²) >= 11 is 0. The van der Waals surface area contributed by atoms with E-state index in [1.54, 1.807) is 23.2 Å². The molecular weight excluding hydrogens is 364 g/mol. The Hall–Kier alpha value is -3.28. The van der Waals surface area contributed by atoms with E-state index in [9.17, 15) is 19.6 Å². The molecule has 0 bridgehead atoms. The number of nitrogens with zero attached hydrogens (tertiary/aromatic N) is 4. The minimum atomic E-state index is -0.842. The zero-order chi connectivity index (χ0) is 20.1. The van der Waals surface area contributed by atoms with Crippen molar-refractivity contribution in [1.82, 2.24) is 14.7 Å². The Morgan fingerprint density at radius 1 is 1.11 bits per heavy atom. The van der Waals surface area contributed by atoms with Crippen LogP contribution >= 0.6 is 0 Å². The van der Waals surface area contributed by atoms with Crippen LogP contribution in [0.4, 0.5) is 0 Å². The molecule has 2 aliphatic rings. The fraction of sp³-hybridized carbons (Fsp3) is 0.474. The van der Waals surface area contributed by atoms with Gasteiger partial charge in [-0.15, -0.1) is 0 Å². The minimum Gasteiger partial charge on any atom is -0.481 e. The van der Waals surface area contributed by atoms with Gasteiger partial charge in [-0.3, -0.25) is 14.4 Å². The van der Waals surface area contributed by atoms with Crippen molar-refractivity contribution in [1.29, 1.82) is 5.26 Å². The molecule has 1 aromatic heterocycles. The second-order valence-electron chi connectivity index (χ2n) is 6.86. The number of piperazine rings is 1. The van der Waals surface area contributed by atoms with Crippen LogP contribution in [0.3, 0.4) is 0 Å². The molecule has 9 heteroatoms. The highest BCUT2D eigenvalue weighted by Gasteiger charge is 2.29. The summed E-state index contributed by atoms with van der Waals surface area (Å²) in [7, 11) is 0. The van der Waals surface area contributed by atoms with Crippen molar-refractivity contribution in [3.05, 3.63) is 35.9 Å². The predicted octanol–water partition coefficient (Wildman–Crippen LogP) is 0.768. The van der Waals surface area contributed by atoms with Gasteiger partial charge in [-0.1, -0.05) is 0 Å². The van der Waals surface area contributed by atoms with Crippen molar-refractivity contribution >= 4 is 17.8 Å². The van der Waals surface area contributed by atoms with Gasteiger partial charge in [0.05, 0.1) is 12.2 Å². The van der Waals surface area contributed by atoms with Crippen LogP contribution in [0.2, 0.25) is 0 Å². The van der Waals surface area contributed by atoms with Gasteiger partial charge < -0.3 is 24.2 Å². The van der Waals surface area contributed by atoms with Crippen molar-refractivity contribution in [2.45, 2.75) is 12.8 Å². The maximum Gasteiger partial charge on any atom is 0.306 e. The number of furan rings is 1. The molecule has 3 rings (SSSR count). The van der Waals surface area contributed by atoms with Gasteiger partial charge in [0.1, 0.15) is 11.6 Å². The second-order valence-corrected chi connectivity index (χ2v) is 6.86. The normalized spacial score (nSPS) is 18.7. The quantitative estimate of drug-likeness (QED) is 0.600. The van der Waals surface area contributed by atoms with Crippen LogP contribution in [0.25, 0.3) is 0 Å². The molecule has 0 spiro atoms. The topological polar surface area (TPSA) is 118 Å². The zero-order valence-electron chi connectivity index (χ0n) is 15.4. The first kappa shape index (κ1) is 19.5. The van der Waals surface area contributed by atoms with Gasteiger partial charge >= 0.3 is 5.97 Å². The molecule has 0 unspecified atom stereocenters. The highest BCUT2D eigenvalue weighted by molar-refractivity contribution is 5.97. The number of carboxylic acid groups (broad SMARTS) is 1. The Balaban J connectivity index is 1.55. The first-order valence-corrected chi connectivity index (χ1v) is 9.20. The van der Waals surface area contributed by atoms with Gasteiger partial charge in [0.25, 0.3) is 11.8 Å². The average Bonchev–Trinajstić information content (AvgIpc) is 3.26. The third-order valence-electron chi connectivity index (χ3n) is 5.13. The number of aliphatic carboxylic acids is 1. The van der Waals surface area contributed by atoms with Gasteiger partial charge in [0.2, 0.25) is 0 Å². The summed E-state index contributed by atoms with van der Waals surface area (Å²) < 4.78 is 5.13. The maximum absolute atomic E-state index is 12.6. The van der Waals surface area contributed by atoms with E-state index in [-0.39, 0.29) is 17.4 Å². The van der Waals surface area contributed by atoms with E-state index in [1.165, 1.54) is 11.2 Å². The number of hydrogen-bond donors (Lipinski definition) is 1. The van der Waals surface area contributed by atoms with Gasteiger partial charge in [0, 0.05) is 45.5 Å². The number of carbonyl (C=O) groups excluding carboxylic acids is 2. The largest absolute Gasteiger partial charge is 0.481 e. The van der Waals surface area contributed by atoms with Crippen LogP contribution in [0, 0.1) is 17.2 Å². The van der Waals surface area contributed by atoms with Crippen molar-refractivity contribution < 1.29 is 23.9 Å². The Bertz CT molecular complexity index is 795. The SMILES string of the molecule is N#C/C(=C/N1CCN(C(=O)c2ccco2)CC1)C(=O)N1CCC(C(=O)O)CC1. The number of carboxylic acids is 1. The van der Waals surface area contributed by atoms with E-state index in [0.29, 0.717) is 57.9 Å². The van der Waals surface area contributed by atoms with E-state index in [0.717, 1.165) is 0 Å². The van der Waals surface area contributed by atoms with Crippen LogP contribution in [-0.2, 0) is 9.59 Å². The molecule has 28 heavy (non-hydrogen) atoms. The molecule has 1 aromatic rings. The second kappa shape index (κ2) is 8.61. The molecule has 1 N–H and O–H groups in total. The molecule has 0 aromatic carbocycles. The predicted molar refractivity (Wildman–Crippen MR) is 96.8 cm³/mol. The summed E-state index contributed by atoms with van der Waals surface area (Å²) in [6, 6.07) is 5.24. The Morgan fingerprint density at radius 3 is 2.32 bits per heavy atom. The fourth-order valence-corrected chi connectivity index (χ4v) is 3.42. The van der Waals surface area contributed by atoms with Gasteiger partial charge in [-0.25, -0.2) is 0 Å². The van der Waals surface area contributed by atoms with Crippen molar-refractivity contribution in [2.24, 2.45) is 5.92 Å². The monoisotopic (exact) mass is 386 g/mol. The van der Waals surface area contributed by atoms with Crippen molar-refractivity contribution in [2.75, 3.05) is 39.3 Å². The number of nitriles is 1. The van der Waals surface area contributed by atoms with E-state index >= 15 is 0 Å². The molecule has 0 atom stereocenters. The van der Waals surface area contributed by atoms with Crippen LogP contribution in [0.1, 0.15) is 23.4 Å². The standard InChI is InChI=1S/C19H22N4O5/c20-12-15(17(24)22-5-3-14(4-6-22)19(26)27)13-21-7-9-23(10-8-21)18(25)16-2-1-11-28-16/h1-2,11,13-14H,3-10H2,(H,26,27)/b15-13-. The molecular formula is C19H22N4O5. The average molecular weight is 386 g/mol. The summed E-state index contributed by atoms with van der Waals surface area (Å²) in [6.45, 7) is 2.61. The lowest BCUT2D eigenvalue weighted by Crippen LogP contribution is -2.47. The highest BCUT2D eigenvalue weighted by atomic mass is 16.4. The molecule has 0 radical (unpaired) electrons. The number of rotatable bonds is 4. The lowest BCUT2D eigenvalue weighted by atomic mass is 9.97. The summed E-state index contributed by atoms with van der Waals surface area (Å²) in [6.07, 6.45) is 3.79. The lowest BCUT2D eigenvalue weighted by Gasteiger charge is -2.34. The molecule has 2 fully saturated rings. The van der Waals surface area contributed by atoms with Gasteiger partial charge in [-0.2, -0.15) is 5.26 Å². The first-order valence-electron chi connectivity index (χ1n) is 9.20. The molecule has 2 saturated heterocycles. The first-order chi connectivity index (χ1) is 13.5. The van der Waals surface area contributed by atoms with Gasteiger partial charge in [-0.05, 0) is 25.0 Å². The third-order valence-corrected chi connectivity index (χ3v) is 5.13. The van der Waals surface area contributed by atoms with Crippen LogP contribution < -0.4 is 0 Å². The fourth-order valence-electron chi connectivity index (χ4n) is 3.42. The highest BCUT2D eigenvalue weighted by Crippen LogP contribution is 2.19. The van der Waals surface area contributed by atoms with Gasteiger partial charge in [0.15, 0.2) is 5.76 Å². The minimum absolute atomic E-state index is 0.0274. The summed E-state index contributed by atoms with van der Waals surface area (Å²) in [5.74, 6) is -1.53. The zero-order valence-corrected chi connectivity index (χ0v) is 15.4. The third kappa shape index (κ3) is 4.34. The number of likely N-dealkylation sites (tertiary alicyclic amines) is 1. The number of amides is 2. The van der Waals surface area contributed by atoms with E-state index < -0.39 is 11.9 Å². The molecule has 3 heterocycles. The molecule has 0 saturated carbocycles. The van der Waals surface area contributed by atoms with E-state index in [1.807, 2.05) is 11.0 Å².